The number of aryl methyl sites for hydroxylation is 1. The number of amides is 1. The third-order valence-corrected chi connectivity index (χ3v) is 5.86. The predicted molar refractivity (Wildman–Crippen MR) is 146 cm³/mol. The average molecular weight is 547 g/mol. The molecule has 7 heteroatoms. The Morgan fingerprint density at radius 3 is 2.78 bits per heavy atom. The standard InChI is InChI=1S/C29H27BrN2O4/c1-4-7-22-13-21(14-26(34-5-2)28(22)35-18-20-9-6-8-19(3)12-20)17-31-32-29(33)27-16-23-15-24(30)10-11-25(23)36-27/h4,6,8-17H,1,5,7,18H2,2-3H3,(H,32,33)/b31-17+. The van der Waals surface area contributed by atoms with Crippen molar-refractivity contribution in [2.75, 3.05) is 6.61 Å². The summed E-state index contributed by atoms with van der Waals surface area (Å²) in [5.74, 6) is 1.03. The molecule has 0 saturated carbocycles. The summed E-state index contributed by atoms with van der Waals surface area (Å²) in [6.45, 7) is 8.75. The van der Waals surface area contributed by atoms with Gasteiger partial charge in [0.05, 0.1) is 12.8 Å². The molecule has 1 amide bonds. The molecule has 6 nitrogen and oxygen atoms in total. The van der Waals surface area contributed by atoms with Crippen LogP contribution in [-0.4, -0.2) is 18.7 Å². The Kier molecular flexibility index (Phi) is 8.23. The molecule has 36 heavy (non-hydrogen) atoms. The van der Waals surface area contributed by atoms with E-state index in [2.05, 4.69) is 52.1 Å². The second-order valence-corrected chi connectivity index (χ2v) is 9.12. The highest BCUT2D eigenvalue weighted by molar-refractivity contribution is 9.10. The van der Waals surface area contributed by atoms with Crippen molar-refractivity contribution in [1.82, 2.24) is 5.43 Å². The van der Waals surface area contributed by atoms with Crippen LogP contribution in [-0.2, 0) is 13.0 Å². The summed E-state index contributed by atoms with van der Waals surface area (Å²) in [6.07, 6.45) is 3.97. The number of benzene rings is 3. The van der Waals surface area contributed by atoms with E-state index in [1.165, 1.54) is 5.56 Å². The van der Waals surface area contributed by atoms with Crippen molar-refractivity contribution < 1.29 is 18.7 Å². The van der Waals surface area contributed by atoms with Gasteiger partial charge in [0.15, 0.2) is 17.3 Å². The third-order valence-electron chi connectivity index (χ3n) is 5.37. The largest absolute Gasteiger partial charge is 0.490 e. The number of allylic oxidation sites excluding steroid dienone is 1. The van der Waals surface area contributed by atoms with Crippen LogP contribution in [0.1, 0.15) is 39.7 Å². The molecule has 4 aromatic rings. The van der Waals surface area contributed by atoms with E-state index in [0.717, 1.165) is 26.5 Å². The van der Waals surface area contributed by atoms with Crippen molar-refractivity contribution >= 4 is 39.0 Å². The number of hydrogen-bond acceptors (Lipinski definition) is 5. The van der Waals surface area contributed by atoms with Gasteiger partial charge in [0.2, 0.25) is 0 Å². The number of carbonyl (C=O) groups excluding carboxylic acids is 1. The highest BCUT2D eigenvalue weighted by atomic mass is 79.9. The molecule has 0 radical (unpaired) electrons. The van der Waals surface area contributed by atoms with Crippen LogP contribution in [0, 0.1) is 6.92 Å². The Balaban J connectivity index is 1.53. The zero-order valence-electron chi connectivity index (χ0n) is 20.2. The van der Waals surface area contributed by atoms with Crippen LogP contribution >= 0.6 is 15.9 Å². The number of fused-ring (bicyclic) bond motifs is 1. The minimum atomic E-state index is -0.437. The van der Waals surface area contributed by atoms with Crippen LogP contribution in [0.2, 0.25) is 0 Å². The second-order valence-electron chi connectivity index (χ2n) is 8.20. The first-order chi connectivity index (χ1) is 17.5. The Morgan fingerprint density at radius 2 is 2.00 bits per heavy atom. The van der Waals surface area contributed by atoms with Crippen molar-refractivity contribution in [2.45, 2.75) is 26.9 Å². The van der Waals surface area contributed by atoms with Crippen LogP contribution in [0.15, 0.2) is 87.3 Å². The molecule has 0 aliphatic rings. The molecule has 1 N–H and O–H groups in total. The fourth-order valence-electron chi connectivity index (χ4n) is 3.80. The Labute approximate surface area is 218 Å². The van der Waals surface area contributed by atoms with Crippen molar-refractivity contribution in [3.05, 3.63) is 106 Å². The monoisotopic (exact) mass is 546 g/mol. The predicted octanol–water partition coefficient (Wildman–Crippen LogP) is 6.97. The maximum absolute atomic E-state index is 12.5. The lowest BCUT2D eigenvalue weighted by Gasteiger charge is -2.17. The summed E-state index contributed by atoms with van der Waals surface area (Å²) in [7, 11) is 0. The van der Waals surface area contributed by atoms with E-state index in [4.69, 9.17) is 13.9 Å². The molecule has 0 aliphatic carbocycles. The molecule has 1 heterocycles. The minimum absolute atomic E-state index is 0.183. The van der Waals surface area contributed by atoms with Gasteiger partial charge in [-0.3, -0.25) is 4.79 Å². The molecule has 4 rings (SSSR count). The molecule has 184 valence electrons. The fraction of sp³-hybridized carbons (Fsp3) is 0.172. The quantitative estimate of drug-likeness (QED) is 0.132. The van der Waals surface area contributed by atoms with E-state index in [1.807, 2.05) is 49.4 Å². The fourth-order valence-corrected chi connectivity index (χ4v) is 4.17. The van der Waals surface area contributed by atoms with Gasteiger partial charge < -0.3 is 13.9 Å². The molecule has 1 aromatic heterocycles. The molecular formula is C29H27BrN2O4. The molecule has 0 spiro atoms. The summed E-state index contributed by atoms with van der Waals surface area (Å²) in [4.78, 5) is 12.5. The number of nitrogens with zero attached hydrogens (tertiary/aromatic N) is 1. The first-order valence-corrected chi connectivity index (χ1v) is 12.4. The van der Waals surface area contributed by atoms with Gasteiger partial charge in [0.25, 0.3) is 0 Å². The summed E-state index contributed by atoms with van der Waals surface area (Å²) in [5, 5.41) is 4.95. The van der Waals surface area contributed by atoms with Crippen LogP contribution in [0.3, 0.4) is 0 Å². The van der Waals surface area contributed by atoms with Crippen LogP contribution in [0.4, 0.5) is 0 Å². The average Bonchev–Trinajstić information content (AvgIpc) is 3.27. The second kappa shape index (κ2) is 11.7. The first-order valence-electron chi connectivity index (χ1n) is 11.6. The van der Waals surface area contributed by atoms with Gasteiger partial charge in [0.1, 0.15) is 12.2 Å². The number of nitrogens with one attached hydrogen (secondary N) is 1. The molecule has 0 bridgehead atoms. The summed E-state index contributed by atoms with van der Waals surface area (Å²) in [5.41, 5.74) is 7.08. The molecule has 0 aliphatic heterocycles. The maximum Gasteiger partial charge on any atom is 0.307 e. The molecule has 0 fully saturated rings. The number of ether oxygens (including phenoxy) is 2. The lowest BCUT2D eigenvalue weighted by atomic mass is 10.1. The Morgan fingerprint density at radius 1 is 1.14 bits per heavy atom. The van der Waals surface area contributed by atoms with Crippen LogP contribution < -0.4 is 14.9 Å². The van der Waals surface area contributed by atoms with Gasteiger partial charge in [-0.05, 0) is 67.8 Å². The van der Waals surface area contributed by atoms with E-state index >= 15 is 0 Å². The SMILES string of the molecule is C=CCc1cc(/C=N/NC(=O)c2cc3cc(Br)ccc3o2)cc(OCC)c1OCc1cccc(C)c1. The van der Waals surface area contributed by atoms with Crippen molar-refractivity contribution in [1.29, 1.82) is 0 Å². The first kappa shape index (κ1) is 25.3. The molecule has 0 saturated heterocycles. The molecule has 0 unspecified atom stereocenters. The summed E-state index contributed by atoms with van der Waals surface area (Å²) >= 11 is 3.42. The van der Waals surface area contributed by atoms with E-state index in [-0.39, 0.29) is 5.76 Å². The maximum atomic E-state index is 12.5. The molecule has 3 aromatic carbocycles. The van der Waals surface area contributed by atoms with Crippen molar-refractivity contribution in [3.63, 3.8) is 0 Å². The van der Waals surface area contributed by atoms with Crippen LogP contribution in [0.25, 0.3) is 11.0 Å². The van der Waals surface area contributed by atoms with Gasteiger partial charge >= 0.3 is 5.91 Å². The number of furan rings is 1. The van der Waals surface area contributed by atoms with E-state index in [0.29, 0.717) is 36.7 Å². The summed E-state index contributed by atoms with van der Waals surface area (Å²) in [6, 6.07) is 19.2. The van der Waals surface area contributed by atoms with E-state index in [1.54, 1.807) is 18.3 Å². The number of carbonyl (C=O) groups is 1. The van der Waals surface area contributed by atoms with Gasteiger partial charge in [0, 0.05) is 15.4 Å². The smallest absolute Gasteiger partial charge is 0.307 e. The zero-order valence-corrected chi connectivity index (χ0v) is 21.8. The lowest BCUT2D eigenvalue weighted by molar-refractivity contribution is 0.0929. The topological polar surface area (TPSA) is 73.1 Å². The van der Waals surface area contributed by atoms with Crippen LogP contribution in [0.5, 0.6) is 11.5 Å². The van der Waals surface area contributed by atoms with Crippen molar-refractivity contribution in [2.24, 2.45) is 5.10 Å². The number of halogens is 1. The normalized spacial score (nSPS) is 11.1. The van der Waals surface area contributed by atoms with Gasteiger partial charge in [-0.25, -0.2) is 5.43 Å². The molecular weight excluding hydrogens is 520 g/mol. The highest BCUT2D eigenvalue weighted by Gasteiger charge is 2.14. The molecule has 0 atom stereocenters. The number of hydrazone groups is 1. The van der Waals surface area contributed by atoms with Crippen molar-refractivity contribution in [3.8, 4) is 11.5 Å². The van der Waals surface area contributed by atoms with E-state index < -0.39 is 5.91 Å². The van der Waals surface area contributed by atoms with Gasteiger partial charge in [-0.2, -0.15) is 5.10 Å². The Hall–Kier alpha value is -3.84. The number of rotatable bonds is 10. The van der Waals surface area contributed by atoms with Gasteiger partial charge in [-0.1, -0.05) is 51.8 Å². The highest BCUT2D eigenvalue weighted by Crippen LogP contribution is 2.34. The third kappa shape index (κ3) is 6.23. The zero-order chi connectivity index (χ0) is 25.5. The van der Waals surface area contributed by atoms with Gasteiger partial charge in [-0.15, -0.1) is 6.58 Å². The van der Waals surface area contributed by atoms with E-state index in [9.17, 15) is 4.79 Å². The summed E-state index contributed by atoms with van der Waals surface area (Å²) < 4.78 is 18.6. The number of hydrogen-bond donors (Lipinski definition) is 1. The Bertz CT molecular complexity index is 1420. The minimum Gasteiger partial charge on any atom is -0.490 e. The lowest BCUT2D eigenvalue weighted by Crippen LogP contribution is -2.16.